The molecule has 0 spiro atoms. The van der Waals surface area contributed by atoms with E-state index >= 15 is 0 Å². The number of para-hydroxylation sites is 1. The predicted octanol–water partition coefficient (Wildman–Crippen LogP) is 1.27. The van der Waals surface area contributed by atoms with Crippen molar-refractivity contribution in [2.75, 3.05) is 21.3 Å². The van der Waals surface area contributed by atoms with Crippen LogP contribution in [0.15, 0.2) is 18.2 Å². The molecule has 0 amide bonds. The predicted molar refractivity (Wildman–Crippen MR) is 63.1 cm³/mol. The number of carbonyl (C=O) groups excluding carboxylic acids is 1. The molecular formula is C12H17NO4. The molecule has 0 fully saturated rings. The van der Waals surface area contributed by atoms with Crippen LogP contribution in [0.25, 0.3) is 0 Å². The normalized spacial score (nSPS) is 11.8. The van der Waals surface area contributed by atoms with Crippen molar-refractivity contribution in [2.24, 2.45) is 5.73 Å². The zero-order valence-electron chi connectivity index (χ0n) is 10.2. The summed E-state index contributed by atoms with van der Waals surface area (Å²) in [4.78, 5) is 11.2. The van der Waals surface area contributed by atoms with Gasteiger partial charge in [-0.05, 0) is 6.07 Å². The molecule has 0 aliphatic carbocycles. The van der Waals surface area contributed by atoms with Gasteiger partial charge in [-0.15, -0.1) is 0 Å². The Labute approximate surface area is 100 Å². The van der Waals surface area contributed by atoms with E-state index in [1.807, 2.05) is 0 Å². The Bertz CT molecular complexity index is 392. The van der Waals surface area contributed by atoms with Crippen LogP contribution in [0, 0.1) is 0 Å². The minimum Gasteiger partial charge on any atom is -0.493 e. The Morgan fingerprint density at radius 2 is 2.00 bits per heavy atom. The standard InChI is InChI=1S/C12H17NO4/c1-15-10-6-4-5-8(12(10)17-3)9(13)7-11(14)16-2/h4-6,9H,7,13H2,1-3H3/t9-/m0/s1. The van der Waals surface area contributed by atoms with Crippen molar-refractivity contribution >= 4 is 5.97 Å². The van der Waals surface area contributed by atoms with Gasteiger partial charge < -0.3 is 19.9 Å². The Hall–Kier alpha value is -1.75. The highest BCUT2D eigenvalue weighted by Gasteiger charge is 2.18. The van der Waals surface area contributed by atoms with Crippen LogP contribution in [0.1, 0.15) is 18.0 Å². The molecule has 5 heteroatoms. The second-order valence-corrected chi connectivity index (χ2v) is 3.47. The molecule has 1 atom stereocenters. The van der Waals surface area contributed by atoms with Gasteiger partial charge in [0.25, 0.3) is 0 Å². The molecule has 0 saturated heterocycles. The first-order valence-corrected chi connectivity index (χ1v) is 5.17. The number of hydrogen-bond donors (Lipinski definition) is 1. The second kappa shape index (κ2) is 6.10. The van der Waals surface area contributed by atoms with Crippen molar-refractivity contribution in [3.8, 4) is 11.5 Å². The van der Waals surface area contributed by atoms with Crippen LogP contribution in [0.2, 0.25) is 0 Å². The molecular weight excluding hydrogens is 222 g/mol. The average Bonchev–Trinajstić information content (AvgIpc) is 2.37. The van der Waals surface area contributed by atoms with Crippen molar-refractivity contribution in [2.45, 2.75) is 12.5 Å². The number of rotatable bonds is 5. The van der Waals surface area contributed by atoms with E-state index in [4.69, 9.17) is 15.2 Å². The maximum atomic E-state index is 11.2. The van der Waals surface area contributed by atoms with Gasteiger partial charge in [0, 0.05) is 11.6 Å². The van der Waals surface area contributed by atoms with Gasteiger partial charge in [0.15, 0.2) is 11.5 Å². The molecule has 0 heterocycles. The Kier molecular flexibility index (Phi) is 4.78. The van der Waals surface area contributed by atoms with E-state index in [0.29, 0.717) is 11.5 Å². The number of ether oxygens (including phenoxy) is 3. The first-order valence-electron chi connectivity index (χ1n) is 5.17. The minimum atomic E-state index is -0.479. The number of esters is 1. The monoisotopic (exact) mass is 239 g/mol. The fourth-order valence-corrected chi connectivity index (χ4v) is 1.58. The second-order valence-electron chi connectivity index (χ2n) is 3.47. The van der Waals surface area contributed by atoms with Crippen molar-refractivity contribution in [1.29, 1.82) is 0 Å². The fraction of sp³-hybridized carbons (Fsp3) is 0.417. The van der Waals surface area contributed by atoms with Gasteiger partial charge >= 0.3 is 5.97 Å². The van der Waals surface area contributed by atoms with E-state index in [0.717, 1.165) is 5.56 Å². The SMILES string of the molecule is COC(=O)C[C@H](N)c1cccc(OC)c1OC. The molecule has 0 aliphatic heterocycles. The molecule has 0 aromatic heterocycles. The van der Waals surface area contributed by atoms with Gasteiger partial charge in [0.2, 0.25) is 0 Å². The smallest absolute Gasteiger partial charge is 0.307 e. The van der Waals surface area contributed by atoms with E-state index < -0.39 is 6.04 Å². The van der Waals surface area contributed by atoms with E-state index in [9.17, 15) is 4.79 Å². The summed E-state index contributed by atoms with van der Waals surface area (Å²) in [5, 5.41) is 0. The molecule has 1 rings (SSSR count). The van der Waals surface area contributed by atoms with Crippen LogP contribution in [0.3, 0.4) is 0 Å². The highest BCUT2D eigenvalue weighted by atomic mass is 16.5. The molecule has 94 valence electrons. The van der Waals surface area contributed by atoms with Crippen LogP contribution in [0.5, 0.6) is 11.5 Å². The van der Waals surface area contributed by atoms with Gasteiger partial charge in [-0.3, -0.25) is 4.79 Å². The van der Waals surface area contributed by atoms with Crippen LogP contribution in [-0.2, 0) is 9.53 Å². The van der Waals surface area contributed by atoms with Crippen molar-refractivity contribution in [1.82, 2.24) is 0 Å². The number of nitrogens with two attached hydrogens (primary N) is 1. The van der Waals surface area contributed by atoms with Gasteiger partial charge in [0.1, 0.15) is 0 Å². The van der Waals surface area contributed by atoms with Crippen molar-refractivity contribution in [3.05, 3.63) is 23.8 Å². The molecule has 1 aromatic carbocycles. The average molecular weight is 239 g/mol. The summed E-state index contributed by atoms with van der Waals surface area (Å²) in [6.07, 6.45) is 0.0972. The summed E-state index contributed by atoms with van der Waals surface area (Å²) in [7, 11) is 4.41. The largest absolute Gasteiger partial charge is 0.493 e. The van der Waals surface area contributed by atoms with Gasteiger partial charge in [-0.25, -0.2) is 0 Å². The van der Waals surface area contributed by atoms with E-state index in [1.54, 1.807) is 25.3 Å². The maximum Gasteiger partial charge on any atom is 0.307 e. The topological polar surface area (TPSA) is 70.8 Å². The Morgan fingerprint density at radius 3 is 2.53 bits per heavy atom. The lowest BCUT2D eigenvalue weighted by Gasteiger charge is -2.16. The lowest BCUT2D eigenvalue weighted by molar-refractivity contribution is -0.141. The number of carbonyl (C=O) groups is 1. The van der Waals surface area contributed by atoms with E-state index in [2.05, 4.69) is 4.74 Å². The zero-order valence-corrected chi connectivity index (χ0v) is 10.2. The molecule has 17 heavy (non-hydrogen) atoms. The summed E-state index contributed by atoms with van der Waals surface area (Å²) < 4.78 is 15.0. The highest BCUT2D eigenvalue weighted by molar-refractivity contribution is 5.70. The van der Waals surface area contributed by atoms with Crippen molar-refractivity contribution < 1.29 is 19.0 Å². The number of methoxy groups -OCH3 is 3. The fourth-order valence-electron chi connectivity index (χ4n) is 1.58. The summed E-state index contributed by atoms with van der Waals surface area (Å²) >= 11 is 0. The third kappa shape index (κ3) is 3.10. The first kappa shape index (κ1) is 13.3. The summed E-state index contributed by atoms with van der Waals surface area (Å²) in [5.41, 5.74) is 6.65. The molecule has 0 bridgehead atoms. The molecule has 2 N–H and O–H groups in total. The minimum absolute atomic E-state index is 0.0972. The van der Waals surface area contributed by atoms with Crippen molar-refractivity contribution in [3.63, 3.8) is 0 Å². The molecule has 0 saturated carbocycles. The molecule has 0 aliphatic rings. The Balaban J connectivity index is 3.00. The molecule has 0 radical (unpaired) electrons. The van der Waals surface area contributed by atoms with Crippen LogP contribution in [-0.4, -0.2) is 27.3 Å². The summed E-state index contributed by atoms with van der Waals surface area (Å²) in [6.45, 7) is 0. The number of hydrogen-bond acceptors (Lipinski definition) is 5. The molecule has 5 nitrogen and oxygen atoms in total. The van der Waals surface area contributed by atoms with E-state index in [-0.39, 0.29) is 12.4 Å². The lowest BCUT2D eigenvalue weighted by atomic mass is 10.0. The quantitative estimate of drug-likeness (QED) is 0.783. The third-order valence-electron chi connectivity index (χ3n) is 2.45. The van der Waals surface area contributed by atoms with Crippen LogP contribution >= 0.6 is 0 Å². The Morgan fingerprint density at radius 1 is 1.29 bits per heavy atom. The lowest BCUT2D eigenvalue weighted by Crippen LogP contribution is -2.17. The van der Waals surface area contributed by atoms with Gasteiger partial charge in [-0.2, -0.15) is 0 Å². The van der Waals surface area contributed by atoms with E-state index in [1.165, 1.54) is 14.2 Å². The maximum absolute atomic E-state index is 11.2. The summed E-state index contributed by atoms with van der Waals surface area (Å²) in [5.74, 6) is 0.777. The van der Waals surface area contributed by atoms with Gasteiger partial charge in [0.05, 0.1) is 27.8 Å². The zero-order chi connectivity index (χ0) is 12.8. The molecule has 1 aromatic rings. The highest BCUT2D eigenvalue weighted by Crippen LogP contribution is 2.34. The van der Waals surface area contributed by atoms with Crippen LogP contribution < -0.4 is 15.2 Å². The summed E-state index contributed by atoms with van der Waals surface area (Å²) in [6, 6.07) is 4.89. The molecule has 0 unspecified atom stereocenters. The number of benzene rings is 1. The van der Waals surface area contributed by atoms with Gasteiger partial charge in [-0.1, -0.05) is 12.1 Å². The third-order valence-corrected chi connectivity index (χ3v) is 2.45. The van der Waals surface area contributed by atoms with Crippen LogP contribution in [0.4, 0.5) is 0 Å². The first-order chi connectivity index (χ1) is 8.13.